The normalized spacial score (nSPS) is 13.2. The van der Waals surface area contributed by atoms with Gasteiger partial charge in [0.2, 0.25) is 0 Å². The fourth-order valence-electron chi connectivity index (χ4n) is 9.29. The van der Waals surface area contributed by atoms with E-state index in [-0.39, 0.29) is 5.41 Å². The minimum Gasteiger partial charge on any atom is -0.256 e. The number of pyridine rings is 3. The molecular weight excluding hydrogens is 671 g/mol. The monoisotopic (exact) mass is 699 g/mol. The first-order valence-corrected chi connectivity index (χ1v) is 18.6. The summed E-state index contributed by atoms with van der Waals surface area (Å²) in [6, 6.07) is 54.3. The van der Waals surface area contributed by atoms with Crippen molar-refractivity contribution in [1.82, 2.24) is 24.9 Å². The maximum atomic E-state index is 5.45. The number of fused-ring (bicyclic) bond motifs is 14. The number of hydrogen-bond acceptors (Lipinski definition) is 5. The van der Waals surface area contributed by atoms with Crippen LogP contribution in [0.1, 0.15) is 22.3 Å². The van der Waals surface area contributed by atoms with E-state index < -0.39 is 0 Å². The Kier molecular flexibility index (Phi) is 6.20. The summed E-state index contributed by atoms with van der Waals surface area (Å²) >= 11 is 0. The smallest absolute Gasteiger partial charge is 0.0981 e. The highest BCUT2D eigenvalue weighted by atomic mass is 14.8. The number of aromatic nitrogens is 5. The molecule has 2 aliphatic carbocycles. The average molecular weight is 700 g/mol. The first kappa shape index (κ1) is 30.1. The van der Waals surface area contributed by atoms with Gasteiger partial charge in [0.15, 0.2) is 0 Å². The van der Waals surface area contributed by atoms with Crippen molar-refractivity contribution < 1.29 is 0 Å². The zero-order chi connectivity index (χ0) is 36.1. The molecule has 5 heteroatoms. The minimum atomic E-state index is -0.388. The molecule has 55 heavy (non-hydrogen) atoms. The summed E-state index contributed by atoms with van der Waals surface area (Å²) in [4.78, 5) is 24.8. The molecule has 10 aromatic rings. The van der Waals surface area contributed by atoms with Crippen molar-refractivity contribution in [1.29, 1.82) is 0 Å². The zero-order valence-electron chi connectivity index (χ0n) is 29.5. The van der Waals surface area contributed by atoms with Crippen LogP contribution in [0.15, 0.2) is 176 Å². The molecule has 5 nitrogen and oxygen atoms in total. The van der Waals surface area contributed by atoms with E-state index in [1.54, 1.807) is 0 Å². The zero-order valence-corrected chi connectivity index (χ0v) is 29.5. The maximum absolute atomic E-state index is 5.45. The van der Waals surface area contributed by atoms with Crippen LogP contribution in [-0.4, -0.2) is 24.9 Å². The number of rotatable bonds is 3. The van der Waals surface area contributed by atoms with Gasteiger partial charge >= 0.3 is 0 Å². The number of benzene rings is 6. The molecule has 0 unspecified atom stereocenters. The average Bonchev–Trinajstić information content (AvgIpc) is 3.73. The highest BCUT2D eigenvalue weighted by Gasteiger charge is 2.51. The minimum absolute atomic E-state index is 0.388. The van der Waals surface area contributed by atoms with Crippen LogP contribution in [0.2, 0.25) is 0 Å². The lowest BCUT2D eigenvalue weighted by Gasteiger charge is -2.30. The quantitative estimate of drug-likeness (QED) is 0.172. The first-order chi connectivity index (χ1) is 27.3. The molecule has 0 aliphatic heterocycles. The predicted molar refractivity (Wildman–Crippen MR) is 221 cm³/mol. The van der Waals surface area contributed by atoms with Crippen molar-refractivity contribution in [2.45, 2.75) is 5.41 Å². The highest BCUT2D eigenvalue weighted by Crippen LogP contribution is 2.62. The van der Waals surface area contributed by atoms with E-state index >= 15 is 0 Å². The van der Waals surface area contributed by atoms with Crippen LogP contribution in [0.5, 0.6) is 0 Å². The van der Waals surface area contributed by atoms with Crippen molar-refractivity contribution in [3.63, 3.8) is 0 Å². The summed E-state index contributed by atoms with van der Waals surface area (Å²) in [6.45, 7) is 0. The van der Waals surface area contributed by atoms with Crippen LogP contribution >= 0.6 is 0 Å². The summed E-state index contributed by atoms with van der Waals surface area (Å²) in [7, 11) is 0. The van der Waals surface area contributed by atoms with Crippen LogP contribution in [-0.2, 0) is 5.41 Å². The van der Waals surface area contributed by atoms with Crippen molar-refractivity contribution in [3.8, 4) is 56.0 Å². The van der Waals surface area contributed by atoms with E-state index in [0.717, 1.165) is 66.5 Å². The largest absolute Gasteiger partial charge is 0.256 e. The molecule has 254 valence electrons. The van der Waals surface area contributed by atoms with Gasteiger partial charge in [-0.2, -0.15) is 0 Å². The van der Waals surface area contributed by atoms with Gasteiger partial charge in [-0.25, -0.2) is 4.98 Å². The second-order valence-corrected chi connectivity index (χ2v) is 14.4. The lowest BCUT2D eigenvalue weighted by atomic mass is 9.70. The molecule has 6 aromatic carbocycles. The Hall–Kier alpha value is -7.37. The van der Waals surface area contributed by atoms with Crippen LogP contribution in [0.4, 0.5) is 0 Å². The summed E-state index contributed by atoms with van der Waals surface area (Å²) in [5.74, 6) is 0. The molecule has 0 bridgehead atoms. The molecule has 4 heterocycles. The molecule has 2 aliphatic rings. The van der Waals surface area contributed by atoms with Gasteiger partial charge in [-0.1, -0.05) is 115 Å². The third kappa shape index (κ3) is 4.20. The second-order valence-electron chi connectivity index (χ2n) is 14.4. The van der Waals surface area contributed by atoms with Gasteiger partial charge in [0.1, 0.15) is 0 Å². The molecule has 0 amide bonds. The standard InChI is InChI=1S/C50H29N5/c1-4-14-40-36(11-1)37-12-2-5-15-41(37)50(40)42-16-6-3-13-38(42)39-27-32(19-21-43(39)50)45-29-54-48(49(55-45)34-20-22-44-31(25-34)10-8-23-51-44)35-26-33-18-17-30-9-7-24-52-46(30)47(33)53-28-35/h1-29H. The van der Waals surface area contributed by atoms with Gasteiger partial charge in [0.25, 0.3) is 0 Å². The van der Waals surface area contributed by atoms with E-state index in [1.165, 1.54) is 44.5 Å². The summed E-state index contributed by atoms with van der Waals surface area (Å²) in [5.41, 5.74) is 17.9. The van der Waals surface area contributed by atoms with Crippen molar-refractivity contribution in [3.05, 3.63) is 199 Å². The van der Waals surface area contributed by atoms with Gasteiger partial charge < -0.3 is 0 Å². The Morgan fingerprint density at radius 2 is 0.982 bits per heavy atom. The van der Waals surface area contributed by atoms with E-state index in [9.17, 15) is 0 Å². The highest BCUT2D eigenvalue weighted by molar-refractivity contribution is 6.04. The Bertz CT molecular complexity index is 3190. The lowest BCUT2D eigenvalue weighted by Crippen LogP contribution is -2.25. The molecule has 0 radical (unpaired) electrons. The molecule has 0 fully saturated rings. The predicted octanol–water partition coefficient (Wildman–Crippen LogP) is 11.5. The summed E-state index contributed by atoms with van der Waals surface area (Å²) < 4.78 is 0. The SMILES string of the molecule is c1ccc2c(c1)-c1ccccc1C21c2ccccc2-c2cc(-c3cnc(-c4cnc5c(ccc6cccnc65)c4)c(-c4ccc5ncccc5c4)n3)ccc21. The van der Waals surface area contributed by atoms with Crippen molar-refractivity contribution >= 4 is 32.7 Å². The molecule has 12 rings (SSSR count). The number of hydrogen-bond donors (Lipinski definition) is 0. The molecular formula is C50H29N5. The molecule has 0 saturated carbocycles. The number of nitrogens with zero attached hydrogens (tertiary/aromatic N) is 5. The van der Waals surface area contributed by atoms with E-state index in [1.807, 2.05) is 36.9 Å². The van der Waals surface area contributed by atoms with Gasteiger partial charge in [0, 0.05) is 51.4 Å². The fraction of sp³-hybridized carbons (Fsp3) is 0.0200. The molecule has 0 N–H and O–H groups in total. The van der Waals surface area contributed by atoms with Gasteiger partial charge in [0.05, 0.1) is 45.2 Å². The third-order valence-corrected chi connectivity index (χ3v) is 11.6. The van der Waals surface area contributed by atoms with E-state index in [4.69, 9.17) is 15.0 Å². The Labute approximate surface area is 316 Å². The Morgan fingerprint density at radius 1 is 0.364 bits per heavy atom. The first-order valence-electron chi connectivity index (χ1n) is 18.6. The third-order valence-electron chi connectivity index (χ3n) is 11.6. The Balaban J connectivity index is 1.06. The summed E-state index contributed by atoms with van der Waals surface area (Å²) in [6.07, 6.45) is 7.45. The maximum Gasteiger partial charge on any atom is 0.0981 e. The van der Waals surface area contributed by atoms with Gasteiger partial charge in [-0.05, 0) is 80.9 Å². The lowest BCUT2D eigenvalue weighted by molar-refractivity contribution is 0.794. The van der Waals surface area contributed by atoms with E-state index in [0.29, 0.717) is 0 Å². The topological polar surface area (TPSA) is 64.5 Å². The molecule has 1 spiro atoms. The van der Waals surface area contributed by atoms with Crippen LogP contribution in [0, 0.1) is 0 Å². The van der Waals surface area contributed by atoms with Gasteiger partial charge in [-0.15, -0.1) is 0 Å². The summed E-state index contributed by atoms with van der Waals surface area (Å²) in [5, 5.41) is 3.11. The van der Waals surface area contributed by atoms with Gasteiger partial charge in [-0.3, -0.25) is 19.9 Å². The molecule has 0 atom stereocenters. The Morgan fingerprint density at radius 3 is 1.76 bits per heavy atom. The van der Waals surface area contributed by atoms with Crippen LogP contribution < -0.4 is 0 Å². The second kappa shape index (κ2) is 11.3. The fourth-order valence-corrected chi connectivity index (χ4v) is 9.29. The van der Waals surface area contributed by atoms with Crippen LogP contribution in [0.25, 0.3) is 88.7 Å². The van der Waals surface area contributed by atoms with Crippen LogP contribution in [0.3, 0.4) is 0 Å². The molecule has 0 saturated heterocycles. The van der Waals surface area contributed by atoms with Crippen molar-refractivity contribution in [2.75, 3.05) is 0 Å². The van der Waals surface area contributed by atoms with E-state index in [2.05, 4.69) is 149 Å². The van der Waals surface area contributed by atoms with Crippen molar-refractivity contribution in [2.24, 2.45) is 0 Å². The molecule has 4 aromatic heterocycles.